The summed E-state index contributed by atoms with van der Waals surface area (Å²) in [6, 6.07) is 23.4. The van der Waals surface area contributed by atoms with Crippen molar-refractivity contribution in [2.75, 3.05) is 11.4 Å². The fraction of sp³-hybridized carbons (Fsp3) is 0.212. The van der Waals surface area contributed by atoms with Crippen molar-refractivity contribution in [1.82, 2.24) is 5.06 Å². The van der Waals surface area contributed by atoms with Crippen molar-refractivity contribution in [3.8, 4) is 5.75 Å². The first-order chi connectivity index (χ1) is 20.5. The molecule has 0 bridgehead atoms. The first-order valence-corrected chi connectivity index (χ1v) is 14.0. The van der Waals surface area contributed by atoms with Gasteiger partial charge in [-0.1, -0.05) is 55.5 Å². The molecule has 0 atom stereocenters. The molecule has 212 valence electrons. The van der Waals surface area contributed by atoms with Gasteiger partial charge in [0.05, 0.1) is 18.2 Å². The van der Waals surface area contributed by atoms with Crippen molar-refractivity contribution in [3.63, 3.8) is 0 Å². The van der Waals surface area contributed by atoms with Gasteiger partial charge >= 0.3 is 11.9 Å². The fourth-order valence-corrected chi connectivity index (χ4v) is 5.09. The van der Waals surface area contributed by atoms with Crippen LogP contribution in [0.5, 0.6) is 5.75 Å². The van der Waals surface area contributed by atoms with Crippen LogP contribution in [0.4, 0.5) is 5.69 Å². The molecular formula is C33H30N3O6+. The van der Waals surface area contributed by atoms with Crippen molar-refractivity contribution >= 4 is 40.6 Å². The summed E-state index contributed by atoms with van der Waals surface area (Å²) < 4.78 is 14.4. The summed E-state index contributed by atoms with van der Waals surface area (Å²) in [6.45, 7) is 3.53. The zero-order chi connectivity index (χ0) is 29.1. The Balaban J connectivity index is 1.18. The molecule has 4 aromatic rings. The summed E-state index contributed by atoms with van der Waals surface area (Å²) in [6.07, 6.45) is 6.87. The maximum atomic E-state index is 12.3. The predicted molar refractivity (Wildman–Crippen MR) is 155 cm³/mol. The van der Waals surface area contributed by atoms with E-state index in [-0.39, 0.29) is 19.3 Å². The van der Waals surface area contributed by atoms with Gasteiger partial charge in [0, 0.05) is 31.0 Å². The maximum Gasteiger partial charge on any atom is 0.374 e. The van der Waals surface area contributed by atoms with Gasteiger partial charge in [-0.05, 0) is 42.3 Å². The highest BCUT2D eigenvalue weighted by molar-refractivity contribution is 6.01. The van der Waals surface area contributed by atoms with Gasteiger partial charge in [-0.3, -0.25) is 9.59 Å². The minimum Gasteiger partial charge on any atom is -0.439 e. The molecule has 2 amide bonds. The lowest BCUT2D eigenvalue weighted by Gasteiger charge is -2.16. The van der Waals surface area contributed by atoms with E-state index in [0.29, 0.717) is 23.1 Å². The lowest BCUT2D eigenvalue weighted by Crippen LogP contribution is -2.35. The second kappa shape index (κ2) is 11.7. The Morgan fingerprint density at radius 1 is 0.952 bits per heavy atom. The second-order valence-electron chi connectivity index (χ2n) is 10.1. The molecule has 0 radical (unpaired) electrons. The van der Waals surface area contributed by atoms with Gasteiger partial charge in [-0.25, -0.2) is 4.79 Å². The number of ether oxygens (including phenoxy) is 1. The lowest BCUT2D eigenvalue weighted by molar-refractivity contribution is -0.669. The Labute approximate surface area is 242 Å². The van der Waals surface area contributed by atoms with Crippen LogP contribution in [0, 0.1) is 0 Å². The molecule has 0 spiro atoms. The molecule has 0 unspecified atom stereocenters. The molecule has 2 aliphatic rings. The molecule has 3 heterocycles. The lowest BCUT2D eigenvalue weighted by atomic mass is 10.1. The quantitative estimate of drug-likeness (QED) is 0.207. The van der Waals surface area contributed by atoms with Crippen LogP contribution >= 0.6 is 0 Å². The Bertz CT molecular complexity index is 1700. The third-order valence-electron chi connectivity index (χ3n) is 7.11. The summed E-state index contributed by atoms with van der Waals surface area (Å²) in [5.74, 6) is 0.651. The van der Waals surface area contributed by atoms with Gasteiger partial charge in [0.25, 0.3) is 17.3 Å². The predicted octanol–water partition coefficient (Wildman–Crippen LogP) is 5.08. The van der Waals surface area contributed by atoms with E-state index in [2.05, 4.69) is 22.5 Å². The van der Waals surface area contributed by atoms with Crippen molar-refractivity contribution in [1.29, 1.82) is 0 Å². The Hall–Kier alpha value is -5.18. The zero-order valence-corrected chi connectivity index (χ0v) is 23.2. The summed E-state index contributed by atoms with van der Waals surface area (Å²) in [5.41, 5.74) is 4.51. The molecule has 1 fully saturated rings. The third-order valence-corrected chi connectivity index (χ3v) is 7.11. The van der Waals surface area contributed by atoms with Crippen LogP contribution in [0.25, 0.3) is 17.2 Å². The number of allylic oxidation sites excluding steroid dienone is 2. The van der Waals surface area contributed by atoms with Gasteiger partial charge in [0.1, 0.15) is 0 Å². The number of para-hydroxylation sites is 4. The number of anilines is 1. The number of imide groups is 1. The average Bonchev–Trinajstić information content (AvgIpc) is 3.63. The second-order valence-corrected chi connectivity index (χ2v) is 10.1. The number of hydrogen-bond acceptors (Lipinski definition) is 7. The van der Waals surface area contributed by atoms with E-state index in [1.807, 2.05) is 85.0 Å². The number of nitrogens with zero attached hydrogens (tertiary/aromatic N) is 3. The number of benzene rings is 3. The van der Waals surface area contributed by atoms with E-state index < -0.39 is 17.8 Å². The number of fused-ring (bicyclic) bond motifs is 2. The monoisotopic (exact) mass is 564 g/mol. The topological polar surface area (TPSA) is 93.2 Å². The van der Waals surface area contributed by atoms with Gasteiger partial charge in [0.15, 0.2) is 12.3 Å². The standard InChI is InChI=1S/C33H30N3O6/c1-2-20-34-25-8-3-5-10-27(25)40-31(34)12-7-13-32-35(26-9-4-6-11-28(26)41-32)22-24-16-14-23(15-17-24)21-33(39)42-36-29(37)18-19-30(36)38/h3-17H,2,18-22H2,1H3/q+1. The Morgan fingerprint density at radius 2 is 1.67 bits per heavy atom. The third kappa shape index (κ3) is 5.54. The number of oxazole rings is 1. The first kappa shape index (κ1) is 27.0. The van der Waals surface area contributed by atoms with Crippen LogP contribution in [0.1, 0.15) is 43.2 Å². The highest BCUT2D eigenvalue weighted by Gasteiger charge is 2.33. The molecule has 0 saturated carbocycles. The molecule has 1 aromatic heterocycles. The number of hydrogen-bond donors (Lipinski definition) is 0. The van der Waals surface area contributed by atoms with Gasteiger partial charge in [-0.2, -0.15) is 4.57 Å². The molecule has 1 saturated heterocycles. The van der Waals surface area contributed by atoms with Crippen molar-refractivity contribution < 1.29 is 32.9 Å². The zero-order valence-electron chi connectivity index (χ0n) is 23.2. The molecule has 0 N–H and O–H groups in total. The van der Waals surface area contributed by atoms with Crippen molar-refractivity contribution in [2.24, 2.45) is 0 Å². The number of aromatic nitrogens is 1. The highest BCUT2D eigenvalue weighted by atomic mass is 16.7. The fourth-order valence-electron chi connectivity index (χ4n) is 5.09. The average molecular weight is 565 g/mol. The van der Waals surface area contributed by atoms with Gasteiger partial charge in [0.2, 0.25) is 11.5 Å². The van der Waals surface area contributed by atoms with E-state index in [4.69, 9.17) is 14.0 Å². The van der Waals surface area contributed by atoms with Gasteiger partial charge in [-0.15, -0.1) is 5.06 Å². The highest BCUT2D eigenvalue weighted by Crippen LogP contribution is 2.38. The molecule has 9 nitrogen and oxygen atoms in total. The van der Waals surface area contributed by atoms with E-state index in [9.17, 15) is 14.4 Å². The molecule has 9 heteroatoms. The minimum absolute atomic E-state index is 0.0528. The molecule has 0 aliphatic carbocycles. The molecule has 42 heavy (non-hydrogen) atoms. The normalized spacial score (nSPS) is 15.7. The number of amides is 2. The van der Waals surface area contributed by atoms with Crippen molar-refractivity contribution in [2.45, 2.75) is 39.2 Å². The van der Waals surface area contributed by atoms with E-state index in [0.717, 1.165) is 46.9 Å². The largest absolute Gasteiger partial charge is 0.439 e. The van der Waals surface area contributed by atoms with Crippen LogP contribution in [0.15, 0.2) is 95.2 Å². The van der Waals surface area contributed by atoms with Crippen LogP contribution in [-0.4, -0.2) is 29.4 Å². The smallest absolute Gasteiger partial charge is 0.374 e. The number of hydroxylamine groups is 2. The summed E-state index contributed by atoms with van der Waals surface area (Å²) in [4.78, 5) is 42.9. The van der Waals surface area contributed by atoms with Crippen LogP contribution in [0.2, 0.25) is 0 Å². The molecule has 3 aromatic carbocycles. The van der Waals surface area contributed by atoms with E-state index in [1.165, 1.54) is 0 Å². The Kier molecular flexibility index (Phi) is 7.55. The summed E-state index contributed by atoms with van der Waals surface area (Å²) >= 11 is 0. The van der Waals surface area contributed by atoms with E-state index in [1.54, 1.807) is 0 Å². The minimum atomic E-state index is -0.657. The van der Waals surface area contributed by atoms with Crippen molar-refractivity contribution in [3.05, 3.63) is 108 Å². The first-order valence-electron chi connectivity index (χ1n) is 14.0. The van der Waals surface area contributed by atoms with Gasteiger partial charge < -0.3 is 18.9 Å². The number of rotatable bonds is 9. The number of carbonyl (C=O) groups is 3. The maximum absolute atomic E-state index is 12.3. The molecule has 2 aliphatic heterocycles. The molecular weight excluding hydrogens is 534 g/mol. The van der Waals surface area contributed by atoms with Crippen LogP contribution in [0.3, 0.4) is 0 Å². The SMILES string of the molecule is CCCN1/C(=C\C=C\c2oc3ccccc3[n+]2Cc2ccc(CC(=O)ON3C(=O)CCC3=O)cc2)Oc2ccccc21. The number of carbonyl (C=O) groups excluding carboxylic acids is 3. The van der Waals surface area contributed by atoms with E-state index >= 15 is 0 Å². The molecule has 6 rings (SSSR count). The van der Waals surface area contributed by atoms with Crippen LogP contribution < -0.4 is 14.2 Å². The summed E-state index contributed by atoms with van der Waals surface area (Å²) in [7, 11) is 0. The summed E-state index contributed by atoms with van der Waals surface area (Å²) in [5, 5.41) is 0.571. The van der Waals surface area contributed by atoms with Crippen LogP contribution in [-0.2, 0) is 32.2 Å². The Morgan fingerprint density at radius 3 is 2.45 bits per heavy atom.